The predicted octanol–water partition coefficient (Wildman–Crippen LogP) is 5.18. The van der Waals surface area contributed by atoms with Gasteiger partial charge in [0, 0.05) is 6.61 Å². The van der Waals surface area contributed by atoms with Gasteiger partial charge in [0.25, 0.3) is 0 Å². The van der Waals surface area contributed by atoms with E-state index in [2.05, 4.69) is 47.6 Å². The van der Waals surface area contributed by atoms with Crippen molar-refractivity contribution in [3.05, 3.63) is 11.6 Å². The van der Waals surface area contributed by atoms with Gasteiger partial charge < -0.3 is 20.4 Å². The van der Waals surface area contributed by atoms with E-state index in [0.717, 1.165) is 38.5 Å². The number of aliphatic hydroxyl groups excluding tert-OH is 3. The Labute approximate surface area is 211 Å². The first-order chi connectivity index (χ1) is 16.1. The summed E-state index contributed by atoms with van der Waals surface area (Å²) in [6, 6.07) is 0. The topological polar surface area (TPSA) is 98.0 Å². The number of carbonyl (C=O) groups is 1. The van der Waals surface area contributed by atoms with E-state index >= 15 is 0 Å². The van der Waals surface area contributed by atoms with E-state index in [1.165, 1.54) is 5.57 Å². The second kappa shape index (κ2) is 7.57. The van der Waals surface area contributed by atoms with E-state index in [-0.39, 0.29) is 39.6 Å². The lowest BCUT2D eigenvalue weighted by molar-refractivity contribution is -0.232. The summed E-state index contributed by atoms with van der Waals surface area (Å²) in [4.78, 5) is 12.8. The normalized spacial score (nSPS) is 55.0. The zero-order chi connectivity index (χ0) is 25.8. The first kappa shape index (κ1) is 25.7. The maximum atomic E-state index is 12.8. The molecule has 5 aliphatic carbocycles. The lowest BCUT2D eigenvalue weighted by atomic mass is 9.33. The summed E-state index contributed by atoms with van der Waals surface area (Å²) >= 11 is 0. The van der Waals surface area contributed by atoms with Crippen molar-refractivity contribution in [3.63, 3.8) is 0 Å². The Morgan fingerprint density at radius 3 is 2.23 bits per heavy atom. The van der Waals surface area contributed by atoms with Gasteiger partial charge in [-0.2, -0.15) is 0 Å². The molecule has 0 radical (unpaired) electrons. The molecule has 0 aromatic carbocycles. The molecule has 5 nitrogen and oxygen atoms in total. The molecule has 5 heteroatoms. The van der Waals surface area contributed by atoms with E-state index in [1.807, 2.05) is 0 Å². The van der Waals surface area contributed by atoms with Gasteiger partial charge in [0.15, 0.2) is 0 Å². The van der Waals surface area contributed by atoms with Gasteiger partial charge in [-0.1, -0.05) is 53.2 Å². The van der Waals surface area contributed by atoms with Crippen LogP contribution in [0.4, 0.5) is 0 Å². The van der Waals surface area contributed by atoms with Crippen LogP contribution in [0.3, 0.4) is 0 Å². The average Bonchev–Trinajstić information content (AvgIpc) is 2.78. The molecule has 0 aliphatic heterocycles. The molecule has 0 bridgehead atoms. The molecule has 35 heavy (non-hydrogen) atoms. The third-order valence-electron chi connectivity index (χ3n) is 13.3. The number of aliphatic carboxylic acids is 1. The van der Waals surface area contributed by atoms with Gasteiger partial charge in [0.1, 0.15) is 0 Å². The van der Waals surface area contributed by atoms with Crippen molar-refractivity contribution in [2.24, 2.45) is 50.2 Å². The lowest BCUT2D eigenvalue weighted by Gasteiger charge is -2.71. The average molecular weight is 489 g/mol. The second-order valence-electron chi connectivity index (χ2n) is 15.0. The van der Waals surface area contributed by atoms with Gasteiger partial charge in [-0.05, 0) is 103 Å². The van der Waals surface area contributed by atoms with Crippen LogP contribution in [0.25, 0.3) is 0 Å². The minimum atomic E-state index is -0.711. The molecule has 0 aromatic heterocycles. The Morgan fingerprint density at radius 2 is 1.60 bits per heavy atom. The fourth-order valence-electron chi connectivity index (χ4n) is 10.8. The largest absolute Gasteiger partial charge is 0.481 e. The van der Waals surface area contributed by atoms with Gasteiger partial charge in [0.2, 0.25) is 0 Å². The first-order valence-corrected chi connectivity index (χ1v) is 14.0. The Hall–Kier alpha value is -0.910. The highest BCUT2D eigenvalue weighted by Gasteiger charge is 2.70. The molecule has 4 N–H and O–H groups in total. The molecule has 0 saturated heterocycles. The molecule has 10 unspecified atom stereocenters. The Balaban J connectivity index is 1.60. The zero-order valence-electron chi connectivity index (χ0n) is 22.7. The van der Waals surface area contributed by atoms with Crippen molar-refractivity contribution >= 4 is 5.97 Å². The van der Waals surface area contributed by atoms with Crippen LogP contribution in [0.2, 0.25) is 0 Å². The van der Waals surface area contributed by atoms with E-state index in [1.54, 1.807) is 0 Å². The van der Waals surface area contributed by atoms with Crippen LogP contribution in [0.15, 0.2) is 11.6 Å². The van der Waals surface area contributed by atoms with Crippen molar-refractivity contribution in [1.82, 2.24) is 0 Å². The van der Waals surface area contributed by atoms with Crippen molar-refractivity contribution in [2.75, 3.05) is 6.61 Å². The summed E-state index contributed by atoms with van der Waals surface area (Å²) in [5.74, 6) is 0.0517. The Morgan fingerprint density at radius 1 is 0.943 bits per heavy atom. The monoisotopic (exact) mass is 488 g/mol. The van der Waals surface area contributed by atoms with Crippen molar-refractivity contribution < 1.29 is 25.2 Å². The van der Waals surface area contributed by atoms with Crippen LogP contribution in [0, 0.1) is 50.2 Å². The smallest absolute Gasteiger partial charge is 0.310 e. The number of carboxylic acid groups (broad SMARTS) is 1. The molecule has 5 rings (SSSR count). The summed E-state index contributed by atoms with van der Waals surface area (Å²) < 4.78 is 0. The maximum absolute atomic E-state index is 12.8. The molecule has 0 amide bonds. The van der Waals surface area contributed by atoms with Crippen LogP contribution in [-0.2, 0) is 4.79 Å². The number of hydrogen-bond acceptors (Lipinski definition) is 4. The van der Waals surface area contributed by atoms with Gasteiger partial charge in [0.05, 0.1) is 17.6 Å². The molecule has 198 valence electrons. The maximum Gasteiger partial charge on any atom is 0.310 e. The second-order valence-corrected chi connectivity index (χ2v) is 15.0. The first-order valence-electron chi connectivity index (χ1n) is 14.0. The third-order valence-corrected chi connectivity index (χ3v) is 13.3. The lowest BCUT2D eigenvalue weighted by Crippen LogP contribution is -2.67. The highest BCUT2D eigenvalue weighted by atomic mass is 16.4. The van der Waals surface area contributed by atoms with Crippen molar-refractivity contribution in [2.45, 2.75) is 112 Å². The highest BCUT2D eigenvalue weighted by molar-refractivity contribution is 5.76. The fourth-order valence-corrected chi connectivity index (χ4v) is 10.8. The van der Waals surface area contributed by atoms with Gasteiger partial charge in [-0.25, -0.2) is 0 Å². The van der Waals surface area contributed by atoms with Crippen LogP contribution < -0.4 is 0 Å². The van der Waals surface area contributed by atoms with Crippen molar-refractivity contribution in [3.8, 4) is 0 Å². The molecule has 0 heterocycles. The van der Waals surface area contributed by atoms with Crippen LogP contribution in [0.1, 0.15) is 99.3 Å². The molecule has 0 spiro atoms. The number of hydrogen-bond donors (Lipinski definition) is 4. The molecule has 0 aromatic rings. The molecule has 4 saturated carbocycles. The number of fused-ring (bicyclic) bond motifs is 7. The standard InChI is InChI=1S/C30H48O5/c1-25(2)21-9-10-29(6)22(27(21,4)16-20(32)23(25)33)8-7-18-19-15-26(3,17-31)11-13-30(19,24(34)35)14-12-28(18,29)5/h7,19-23,31-33H,8-17H2,1-6H3,(H,34,35). The summed E-state index contributed by atoms with van der Waals surface area (Å²) in [6.07, 6.45) is 8.42. The summed E-state index contributed by atoms with van der Waals surface area (Å²) in [5.41, 5.74) is -0.0781. The van der Waals surface area contributed by atoms with Gasteiger partial charge in [-0.15, -0.1) is 0 Å². The Bertz CT molecular complexity index is 941. The van der Waals surface area contributed by atoms with E-state index in [0.29, 0.717) is 31.1 Å². The van der Waals surface area contributed by atoms with E-state index < -0.39 is 23.6 Å². The predicted molar refractivity (Wildman–Crippen MR) is 135 cm³/mol. The summed E-state index contributed by atoms with van der Waals surface area (Å²) in [6.45, 7) is 13.7. The fraction of sp³-hybridized carbons (Fsp3) is 0.900. The van der Waals surface area contributed by atoms with Crippen molar-refractivity contribution in [1.29, 1.82) is 0 Å². The third kappa shape index (κ3) is 3.07. The van der Waals surface area contributed by atoms with E-state index in [9.17, 15) is 25.2 Å². The van der Waals surface area contributed by atoms with Crippen LogP contribution in [-0.4, -0.2) is 45.2 Å². The van der Waals surface area contributed by atoms with E-state index in [4.69, 9.17) is 0 Å². The SMILES string of the molecule is CC1(CO)CCC2(C(=O)O)CCC3(C)C(=CCC4C5(C)CC(O)C(O)C(C)(C)C5CCC43C)C2C1. The van der Waals surface area contributed by atoms with Gasteiger partial charge >= 0.3 is 5.97 Å². The molecular formula is C30H48O5. The Kier molecular flexibility index (Phi) is 5.56. The number of carboxylic acids is 1. The quantitative estimate of drug-likeness (QED) is 0.402. The summed E-state index contributed by atoms with van der Waals surface area (Å²) in [7, 11) is 0. The molecule has 4 fully saturated rings. The number of allylic oxidation sites excluding steroid dienone is 2. The molecule has 5 aliphatic rings. The number of rotatable bonds is 2. The number of aliphatic hydroxyl groups is 3. The van der Waals surface area contributed by atoms with Crippen LogP contribution >= 0.6 is 0 Å². The highest BCUT2D eigenvalue weighted by Crippen LogP contribution is 2.75. The van der Waals surface area contributed by atoms with Gasteiger partial charge in [-0.3, -0.25) is 4.79 Å². The minimum absolute atomic E-state index is 0.0121. The van der Waals surface area contributed by atoms with Crippen LogP contribution in [0.5, 0.6) is 0 Å². The molecule has 10 atom stereocenters. The minimum Gasteiger partial charge on any atom is -0.481 e. The zero-order valence-corrected chi connectivity index (χ0v) is 22.7. The summed E-state index contributed by atoms with van der Waals surface area (Å²) in [5, 5.41) is 42.6. The molecular weight excluding hydrogens is 440 g/mol.